The zero-order valence-electron chi connectivity index (χ0n) is 5.89. The zero-order valence-corrected chi connectivity index (χ0v) is 6.78. The molecule has 0 radical (unpaired) electrons. The molecule has 54 valence electrons. The second-order valence-electron chi connectivity index (χ2n) is 1.58. The van der Waals surface area contributed by atoms with E-state index in [4.69, 9.17) is 4.52 Å². The van der Waals surface area contributed by atoms with Gasteiger partial charge >= 0.3 is 8.03 Å². The number of hydrogen-bond donors (Lipinski definition) is 1. The van der Waals surface area contributed by atoms with E-state index in [9.17, 15) is 4.57 Å². The molecule has 0 aromatic heterocycles. The normalized spacial score (nSPS) is 11.6. The lowest BCUT2D eigenvalue weighted by Crippen LogP contribution is -2.09. The Morgan fingerprint density at radius 2 is 2.33 bits per heavy atom. The van der Waals surface area contributed by atoms with Crippen LogP contribution in [-0.2, 0) is 9.09 Å². The van der Waals surface area contributed by atoms with Gasteiger partial charge in [-0.1, -0.05) is 0 Å². The Labute approximate surface area is 56.7 Å². The summed E-state index contributed by atoms with van der Waals surface area (Å²) in [6.45, 7) is 3.14. The minimum absolute atomic E-state index is 0.541. The fourth-order valence-electron chi connectivity index (χ4n) is 0.412. The first-order valence-corrected chi connectivity index (χ1v) is 4.39. The second kappa shape index (κ2) is 6.14. The van der Waals surface area contributed by atoms with E-state index in [0.29, 0.717) is 12.8 Å². The standard InChI is InChI=1S/C5H13NO2P/c1-3-8-9(7)5-4-6-2/h6H,3-5H2,1-2H3/q+1. The van der Waals surface area contributed by atoms with E-state index in [2.05, 4.69) is 5.32 Å². The van der Waals surface area contributed by atoms with E-state index in [1.165, 1.54) is 0 Å². The quantitative estimate of drug-likeness (QED) is 0.594. The molecule has 0 bridgehead atoms. The van der Waals surface area contributed by atoms with Crippen molar-refractivity contribution in [3.8, 4) is 0 Å². The fraction of sp³-hybridized carbons (Fsp3) is 1.00. The molecule has 0 aliphatic carbocycles. The maximum Gasteiger partial charge on any atom is 0.509 e. The van der Waals surface area contributed by atoms with Crippen molar-refractivity contribution < 1.29 is 9.09 Å². The summed E-state index contributed by atoms with van der Waals surface area (Å²) in [6.07, 6.45) is 0.611. The largest absolute Gasteiger partial charge is 0.509 e. The molecule has 0 saturated carbocycles. The smallest absolute Gasteiger partial charge is 0.316 e. The fourth-order valence-corrected chi connectivity index (χ4v) is 1.23. The Balaban J connectivity index is 3.06. The van der Waals surface area contributed by atoms with Crippen LogP contribution in [0.25, 0.3) is 0 Å². The van der Waals surface area contributed by atoms with Crippen LogP contribution in [0.3, 0.4) is 0 Å². The first-order chi connectivity index (χ1) is 4.31. The molecule has 0 aromatic carbocycles. The summed E-state index contributed by atoms with van der Waals surface area (Å²) in [5.74, 6) is 0. The van der Waals surface area contributed by atoms with Gasteiger partial charge in [-0.3, -0.25) is 0 Å². The Morgan fingerprint density at radius 1 is 1.67 bits per heavy atom. The second-order valence-corrected chi connectivity index (χ2v) is 2.95. The molecule has 0 rings (SSSR count). The third kappa shape index (κ3) is 5.90. The van der Waals surface area contributed by atoms with E-state index in [-0.39, 0.29) is 0 Å². The average molecular weight is 150 g/mol. The highest BCUT2D eigenvalue weighted by atomic mass is 31.1. The van der Waals surface area contributed by atoms with Gasteiger partial charge in [-0.15, -0.1) is 4.52 Å². The SMILES string of the molecule is CCO[P+](=O)CCNC. The molecule has 0 spiro atoms. The van der Waals surface area contributed by atoms with Crippen LogP contribution < -0.4 is 5.32 Å². The van der Waals surface area contributed by atoms with Crippen LogP contribution in [0.15, 0.2) is 0 Å². The van der Waals surface area contributed by atoms with Crippen LogP contribution in [0, 0.1) is 0 Å². The molecule has 3 nitrogen and oxygen atoms in total. The lowest BCUT2D eigenvalue weighted by molar-refractivity contribution is 0.350. The maximum absolute atomic E-state index is 10.7. The van der Waals surface area contributed by atoms with Crippen molar-refractivity contribution in [3.63, 3.8) is 0 Å². The Bertz CT molecular complexity index is 87.0. The summed E-state index contributed by atoms with van der Waals surface area (Å²) < 4.78 is 15.5. The summed E-state index contributed by atoms with van der Waals surface area (Å²) in [5, 5.41) is 2.89. The molecular formula is C5H13NO2P+. The minimum Gasteiger partial charge on any atom is -0.316 e. The molecule has 9 heavy (non-hydrogen) atoms. The van der Waals surface area contributed by atoms with Crippen LogP contribution in [0.4, 0.5) is 0 Å². The lowest BCUT2D eigenvalue weighted by atomic mass is 10.8. The van der Waals surface area contributed by atoms with Crippen molar-refractivity contribution in [1.82, 2.24) is 5.32 Å². The molecule has 0 aliphatic rings. The van der Waals surface area contributed by atoms with Gasteiger partial charge in [0.1, 0.15) is 0 Å². The summed E-state index contributed by atoms with van der Waals surface area (Å²) >= 11 is 0. The van der Waals surface area contributed by atoms with Gasteiger partial charge in [-0.2, -0.15) is 0 Å². The first-order valence-electron chi connectivity index (χ1n) is 3.03. The molecule has 1 unspecified atom stereocenters. The van der Waals surface area contributed by atoms with Gasteiger partial charge in [0, 0.05) is 6.54 Å². The highest BCUT2D eigenvalue weighted by Gasteiger charge is 2.13. The molecule has 0 heterocycles. The van der Waals surface area contributed by atoms with Gasteiger partial charge in [0.15, 0.2) is 6.16 Å². The molecule has 0 saturated heterocycles. The number of hydrogen-bond acceptors (Lipinski definition) is 3. The predicted molar refractivity (Wildman–Crippen MR) is 38.0 cm³/mol. The van der Waals surface area contributed by atoms with Crippen molar-refractivity contribution in [2.45, 2.75) is 6.92 Å². The molecule has 1 atom stereocenters. The van der Waals surface area contributed by atoms with E-state index in [0.717, 1.165) is 6.54 Å². The predicted octanol–water partition coefficient (Wildman–Crippen LogP) is 0.985. The van der Waals surface area contributed by atoms with Crippen LogP contribution in [0.5, 0.6) is 0 Å². The van der Waals surface area contributed by atoms with Crippen LogP contribution in [0.2, 0.25) is 0 Å². The van der Waals surface area contributed by atoms with Gasteiger partial charge < -0.3 is 5.32 Å². The minimum atomic E-state index is -1.40. The van der Waals surface area contributed by atoms with Crippen LogP contribution in [-0.4, -0.2) is 26.4 Å². The van der Waals surface area contributed by atoms with Gasteiger partial charge in [0.2, 0.25) is 0 Å². The molecular weight excluding hydrogens is 137 g/mol. The topological polar surface area (TPSA) is 38.3 Å². The monoisotopic (exact) mass is 150 g/mol. The van der Waals surface area contributed by atoms with Crippen LogP contribution >= 0.6 is 8.03 Å². The van der Waals surface area contributed by atoms with Crippen molar-refractivity contribution in [2.24, 2.45) is 0 Å². The number of nitrogens with one attached hydrogen (secondary N) is 1. The Kier molecular flexibility index (Phi) is 6.16. The molecule has 0 aliphatic heterocycles. The molecule has 0 aromatic rings. The van der Waals surface area contributed by atoms with Gasteiger partial charge in [0.25, 0.3) is 0 Å². The van der Waals surface area contributed by atoms with Crippen molar-refractivity contribution >= 4 is 8.03 Å². The summed E-state index contributed by atoms with van der Waals surface area (Å²) in [7, 11) is 0.429. The number of rotatable bonds is 5. The Hall–Kier alpha value is 0.0200. The van der Waals surface area contributed by atoms with E-state index < -0.39 is 8.03 Å². The summed E-state index contributed by atoms with van der Waals surface area (Å²) in [5.41, 5.74) is 0. The molecule has 4 heteroatoms. The molecule has 0 amide bonds. The van der Waals surface area contributed by atoms with Gasteiger partial charge in [-0.05, 0) is 18.5 Å². The van der Waals surface area contributed by atoms with E-state index in [1.54, 1.807) is 0 Å². The van der Waals surface area contributed by atoms with E-state index >= 15 is 0 Å². The van der Waals surface area contributed by atoms with E-state index in [1.807, 2.05) is 14.0 Å². The van der Waals surface area contributed by atoms with Crippen molar-refractivity contribution in [1.29, 1.82) is 0 Å². The third-order valence-electron chi connectivity index (χ3n) is 0.817. The van der Waals surface area contributed by atoms with Gasteiger partial charge in [0.05, 0.1) is 6.61 Å². The maximum atomic E-state index is 10.7. The molecule has 0 fully saturated rings. The highest BCUT2D eigenvalue weighted by Crippen LogP contribution is 2.19. The Morgan fingerprint density at radius 3 is 2.78 bits per heavy atom. The lowest BCUT2D eigenvalue weighted by Gasteiger charge is -1.85. The van der Waals surface area contributed by atoms with Crippen LogP contribution in [0.1, 0.15) is 6.92 Å². The summed E-state index contributed by atoms with van der Waals surface area (Å²) in [6, 6.07) is 0. The van der Waals surface area contributed by atoms with Crippen molar-refractivity contribution in [2.75, 3.05) is 26.4 Å². The highest BCUT2D eigenvalue weighted by molar-refractivity contribution is 7.39. The van der Waals surface area contributed by atoms with Gasteiger partial charge in [-0.25, -0.2) is 0 Å². The van der Waals surface area contributed by atoms with Crippen molar-refractivity contribution in [3.05, 3.63) is 0 Å². The summed E-state index contributed by atoms with van der Waals surface area (Å²) in [4.78, 5) is 0. The third-order valence-corrected chi connectivity index (χ3v) is 1.95. The first kappa shape index (κ1) is 9.02. The molecule has 1 N–H and O–H groups in total. The zero-order chi connectivity index (χ0) is 7.11. The average Bonchev–Trinajstić information content (AvgIpc) is 1.85.